The van der Waals surface area contributed by atoms with Crippen LogP contribution in [0, 0.1) is 15.9 Å². The van der Waals surface area contributed by atoms with Gasteiger partial charge in [-0.15, -0.1) is 0 Å². The minimum Gasteiger partial charge on any atom is -0.350 e. The number of ether oxygens (including phenoxy) is 2. The summed E-state index contributed by atoms with van der Waals surface area (Å²) >= 11 is 0. The number of rotatable bonds is 5. The van der Waals surface area contributed by atoms with Crippen LogP contribution >= 0.6 is 0 Å². The number of hydrogen-bond acceptors (Lipinski definition) is 5. The standard InChI is InChI=1S/C12H12FN3O4/c1-19-12(20-2)10-6-15(7-14-10)11-4-3-8(16(17)18)5-9(11)13/h3-7,12H,1-2H3. The Morgan fingerprint density at radius 3 is 2.65 bits per heavy atom. The second-order valence-corrected chi connectivity index (χ2v) is 3.90. The van der Waals surface area contributed by atoms with Gasteiger partial charge >= 0.3 is 0 Å². The van der Waals surface area contributed by atoms with E-state index < -0.39 is 17.0 Å². The molecule has 0 unspecified atom stereocenters. The summed E-state index contributed by atoms with van der Waals surface area (Å²) in [6.07, 6.45) is 2.25. The molecule has 0 aliphatic heterocycles. The first-order valence-corrected chi connectivity index (χ1v) is 5.60. The molecule has 0 spiro atoms. The Hall–Kier alpha value is -2.32. The highest BCUT2D eigenvalue weighted by Gasteiger charge is 2.16. The number of benzene rings is 1. The largest absolute Gasteiger partial charge is 0.350 e. The van der Waals surface area contributed by atoms with Crippen LogP contribution in [0.2, 0.25) is 0 Å². The third-order valence-electron chi connectivity index (χ3n) is 2.69. The lowest BCUT2D eigenvalue weighted by Crippen LogP contribution is -2.03. The Bertz CT molecular complexity index is 625. The summed E-state index contributed by atoms with van der Waals surface area (Å²) in [5, 5.41) is 10.6. The Morgan fingerprint density at radius 1 is 1.40 bits per heavy atom. The number of nitro benzene ring substituents is 1. The summed E-state index contributed by atoms with van der Waals surface area (Å²) in [5.41, 5.74) is 0.311. The molecule has 2 rings (SSSR count). The van der Waals surface area contributed by atoms with Crippen molar-refractivity contribution in [3.63, 3.8) is 0 Å². The Balaban J connectivity index is 2.35. The van der Waals surface area contributed by atoms with Gasteiger partial charge in [0.2, 0.25) is 6.29 Å². The van der Waals surface area contributed by atoms with E-state index in [1.54, 1.807) is 0 Å². The number of hydrogen-bond donors (Lipinski definition) is 0. The molecule has 8 heteroatoms. The zero-order chi connectivity index (χ0) is 14.7. The molecule has 20 heavy (non-hydrogen) atoms. The van der Waals surface area contributed by atoms with Crippen molar-refractivity contribution in [2.45, 2.75) is 6.29 Å². The molecule has 0 N–H and O–H groups in total. The van der Waals surface area contributed by atoms with Crippen molar-refractivity contribution >= 4 is 5.69 Å². The number of nitrogens with zero attached hydrogens (tertiary/aromatic N) is 3. The monoisotopic (exact) mass is 281 g/mol. The van der Waals surface area contributed by atoms with Crippen molar-refractivity contribution in [1.29, 1.82) is 0 Å². The van der Waals surface area contributed by atoms with Crippen LogP contribution in [-0.2, 0) is 9.47 Å². The van der Waals surface area contributed by atoms with Gasteiger partial charge in [-0.1, -0.05) is 0 Å². The molecule has 7 nitrogen and oxygen atoms in total. The first kappa shape index (κ1) is 14.1. The second-order valence-electron chi connectivity index (χ2n) is 3.90. The van der Waals surface area contributed by atoms with E-state index >= 15 is 0 Å². The molecule has 0 fully saturated rings. The van der Waals surface area contributed by atoms with Gasteiger partial charge in [0.1, 0.15) is 5.69 Å². The van der Waals surface area contributed by atoms with Crippen LogP contribution in [0.3, 0.4) is 0 Å². The second kappa shape index (κ2) is 5.76. The minimum absolute atomic E-state index is 0.153. The van der Waals surface area contributed by atoms with Gasteiger partial charge in [-0.3, -0.25) is 10.1 Å². The van der Waals surface area contributed by atoms with Gasteiger partial charge in [0.25, 0.3) is 5.69 Å². The van der Waals surface area contributed by atoms with Crippen LogP contribution < -0.4 is 0 Å². The van der Waals surface area contributed by atoms with Crippen molar-refractivity contribution in [3.05, 3.63) is 52.3 Å². The fourth-order valence-corrected chi connectivity index (χ4v) is 1.75. The fourth-order valence-electron chi connectivity index (χ4n) is 1.75. The molecular formula is C12H12FN3O4. The Morgan fingerprint density at radius 2 is 2.10 bits per heavy atom. The maximum atomic E-state index is 13.9. The van der Waals surface area contributed by atoms with Crippen molar-refractivity contribution in [2.24, 2.45) is 0 Å². The van der Waals surface area contributed by atoms with E-state index in [1.807, 2.05) is 0 Å². The normalized spacial score (nSPS) is 11.0. The van der Waals surface area contributed by atoms with Crippen LogP contribution in [0.4, 0.5) is 10.1 Å². The van der Waals surface area contributed by atoms with Crippen LogP contribution in [0.25, 0.3) is 5.69 Å². The molecule has 0 saturated heterocycles. The van der Waals surface area contributed by atoms with Crippen LogP contribution in [0.15, 0.2) is 30.7 Å². The van der Waals surface area contributed by atoms with Crippen LogP contribution in [0.1, 0.15) is 12.0 Å². The number of halogens is 1. The highest BCUT2D eigenvalue weighted by molar-refractivity contribution is 5.42. The topological polar surface area (TPSA) is 79.4 Å². The third-order valence-corrected chi connectivity index (χ3v) is 2.69. The SMILES string of the molecule is COC(OC)c1cn(-c2ccc([N+](=O)[O-])cc2F)cn1. The molecule has 0 radical (unpaired) electrons. The summed E-state index contributed by atoms with van der Waals surface area (Å²) in [6, 6.07) is 3.40. The molecule has 2 aromatic rings. The molecule has 1 aromatic heterocycles. The average Bonchev–Trinajstić information content (AvgIpc) is 2.89. The van der Waals surface area contributed by atoms with Crippen molar-refractivity contribution in [2.75, 3.05) is 14.2 Å². The summed E-state index contributed by atoms with van der Waals surface area (Å²) in [7, 11) is 2.92. The molecule has 0 bridgehead atoms. The zero-order valence-electron chi connectivity index (χ0n) is 10.8. The number of non-ortho nitro benzene ring substituents is 1. The predicted octanol–water partition coefficient (Wildman–Crippen LogP) is 2.21. The molecule has 0 aliphatic rings. The molecule has 1 heterocycles. The van der Waals surface area contributed by atoms with Crippen LogP contribution in [-0.4, -0.2) is 28.7 Å². The van der Waals surface area contributed by atoms with Gasteiger partial charge in [0, 0.05) is 26.5 Å². The summed E-state index contributed by atoms with van der Waals surface area (Å²) in [6.45, 7) is 0. The number of imidazole rings is 1. The number of aromatic nitrogens is 2. The summed E-state index contributed by atoms with van der Waals surface area (Å²) in [4.78, 5) is 13.9. The smallest absolute Gasteiger partial charge is 0.272 e. The predicted molar refractivity (Wildman–Crippen MR) is 66.9 cm³/mol. The number of methoxy groups -OCH3 is 2. The third kappa shape index (κ3) is 2.65. The van der Waals surface area contributed by atoms with Crippen molar-refractivity contribution < 1.29 is 18.8 Å². The van der Waals surface area contributed by atoms with E-state index in [0.717, 1.165) is 6.07 Å². The van der Waals surface area contributed by atoms with Crippen molar-refractivity contribution in [1.82, 2.24) is 9.55 Å². The van der Waals surface area contributed by atoms with Gasteiger partial charge in [0.05, 0.1) is 23.0 Å². The highest BCUT2D eigenvalue weighted by atomic mass is 19.1. The zero-order valence-corrected chi connectivity index (χ0v) is 10.8. The van der Waals surface area contributed by atoms with Gasteiger partial charge in [0.15, 0.2) is 5.82 Å². The first-order chi connectivity index (χ1) is 9.56. The maximum absolute atomic E-state index is 13.9. The van der Waals surface area contributed by atoms with E-state index in [0.29, 0.717) is 5.69 Å². The Kier molecular flexibility index (Phi) is 4.06. The van der Waals surface area contributed by atoms with Gasteiger partial charge in [-0.25, -0.2) is 9.37 Å². The van der Waals surface area contributed by atoms with E-state index in [4.69, 9.17) is 9.47 Å². The molecular weight excluding hydrogens is 269 g/mol. The van der Waals surface area contributed by atoms with Crippen molar-refractivity contribution in [3.8, 4) is 5.69 Å². The molecule has 0 aliphatic carbocycles. The lowest BCUT2D eigenvalue weighted by atomic mass is 10.2. The van der Waals surface area contributed by atoms with Crippen LogP contribution in [0.5, 0.6) is 0 Å². The summed E-state index contributed by atoms with van der Waals surface area (Å²) < 4.78 is 25.3. The summed E-state index contributed by atoms with van der Waals surface area (Å²) in [5.74, 6) is -0.713. The lowest BCUT2D eigenvalue weighted by Gasteiger charge is -2.09. The lowest BCUT2D eigenvalue weighted by molar-refractivity contribution is -0.385. The number of nitro groups is 1. The Labute approximate surface area is 113 Å². The molecule has 0 atom stereocenters. The average molecular weight is 281 g/mol. The van der Waals surface area contributed by atoms with Gasteiger partial charge in [-0.2, -0.15) is 0 Å². The quantitative estimate of drug-likeness (QED) is 0.477. The van der Waals surface area contributed by atoms with E-state index in [-0.39, 0.29) is 11.4 Å². The first-order valence-electron chi connectivity index (χ1n) is 5.60. The highest BCUT2D eigenvalue weighted by Crippen LogP contribution is 2.22. The maximum Gasteiger partial charge on any atom is 0.272 e. The van der Waals surface area contributed by atoms with E-state index in [9.17, 15) is 14.5 Å². The van der Waals surface area contributed by atoms with E-state index in [2.05, 4.69) is 4.98 Å². The van der Waals surface area contributed by atoms with E-state index in [1.165, 1.54) is 43.4 Å². The van der Waals surface area contributed by atoms with Gasteiger partial charge < -0.3 is 14.0 Å². The van der Waals surface area contributed by atoms with Gasteiger partial charge in [-0.05, 0) is 6.07 Å². The molecule has 1 aromatic carbocycles. The molecule has 106 valence electrons. The minimum atomic E-state index is -0.713. The molecule has 0 amide bonds. The molecule has 0 saturated carbocycles. The fraction of sp³-hybridized carbons (Fsp3) is 0.250.